The molecule has 1 N–H and O–H groups in total. The lowest BCUT2D eigenvalue weighted by Crippen LogP contribution is -2.21. The van der Waals surface area contributed by atoms with Gasteiger partial charge in [0.2, 0.25) is 0 Å². The van der Waals surface area contributed by atoms with Gasteiger partial charge in [0.05, 0.1) is 16.1 Å². The van der Waals surface area contributed by atoms with Crippen molar-refractivity contribution >= 4 is 34.5 Å². The number of aromatic nitrogens is 1. The van der Waals surface area contributed by atoms with Crippen molar-refractivity contribution in [2.45, 2.75) is 13.0 Å². The lowest BCUT2D eigenvalue weighted by Gasteiger charge is -2.18. The molecule has 2 aromatic heterocycles. The van der Waals surface area contributed by atoms with Gasteiger partial charge in [-0.15, -0.1) is 11.3 Å². The van der Waals surface area contributed by atoms with Crippen LogP contribution in [0.15, 0.2) is 29.9 Å². The van der Waals surface area contributed by atoms with Gasteiger partial charge in [-0.2, -0.15) is 0 Å². The Labute approximate surface area is 115 Å². The summed E-state index contributed by atoms with van der Waals surface area (Å²) in [5.74, 6) is 0. The van der Waals surface area contributed by atoms with E-state index in [1.807, 2.05) is 17.5 Å². The lowest BCUT2D eigenvalue weighted by molar-refractivity contribution is 0.639. The van der Waals surface area contributed by atoms with Crippen LogP contribution in [0.4, 0.5) is 0 Å². The number of hydrogen-bond donors (Lipinski definition) is 1. The lowest BCUT2D eigenvalue weighted by atomic mass is 10.1. The Morgan fingerprint density at radius 2 is 2.18 bits per heavy atom. The molecule has 0 fully saturated rings. The van der Waals surface area contributed by atoms with Crippen molar-refractivity contribution in [3.8, 4) is 0 Å². The van der Waals surface area contributed by atoms with Crippen molar-refractivity contribution in [1.82, 2.24) is 10.3 Å². The zero-order valence-electron chi connectivity index (χ0n) is 9.28. The van der Waals surface area contributed by atoms with Crippen LogP contribution < -0.4 is 5.32 Å². The quantitative estimate of drug-likeness (QED) is 0.913. The summed E-state index contributed by atoms with van der Waals surface area (Å²) in [5, 5.41) is 6.81. The molecule has 0 aliphatic carbocycles. The topological polar surface area (TPSA) is 24.9 Å². The highest BCUT2D eigenvalue weighted by atomic mass is 35.5. The van der Waals surface area contributed by atoms with Crippen LogP contribution >= 0.6 is 34.5 Å². The Kier molecular flexibility index (Phi) is 4.40. The van der Waals surface area contributed by atoms with E-state index in [1.54, 1.807) is 23.7 Å². The number of halogens is 2. The maximum Gasteiger partial charge on any atom is 0.0701 e. The standard InChI is InChI=1S/C12H12Cl2N2S/c1-2-16-11(12-9(13)4-6-17-12)8-3-5-15-7-10(8)14/h3-7,11,16H,2H2,1H3. The fourth-order valence-electron chi connectivity index (χ4n) is 1.68. The minimum atomic E-state index is 0.0306. The molecule has 0 spiro atoms. The normalized spacial score (nSPS) is 12.6. The smallest absolute Gasteiger partial charge is 0.0701 e. The second-order valence-corrected chi connectivity index (χ2v) is 5.28. The number of nitrogens with one attached hydrogen (secondary N) is 1. The molecule has 0 amide bonds. The molecular weight excluding hydrogens is 275 g/mol. The van der Waals surface area contributed by atoms with Gasteiger partial charge in [0, 0.05) is 17.3 Å². The van der Waals surface area contributed by atoms with Crippen molar-refractivity contribution < 1.29 is 0 Å². The first-order valence-corrected chi connectivity index (χ1v) is 6.93. The van der Waals surface area contributed by atoms with E-state index < -0.39 is 0 Å². The molecule has 0 aliphatic rings. The van der Waals surface area contributed by atoms with E-state index >= 15 is 0 Å². The molecule has 17 heavy (non-hydrogen) atoms. The molecule has 0 bridgehead atoms. The van der Waals surface area contributed by atoms with Gasteiger partial charge in [0.15, 0.2) is 0 Å². The first-order chi connectivity index (χ1) is 8.24. The van der Waals surface area contributed by atoms with Gasteiger partial charge in [-0.05, 0) is 29.6 Å². The molecule has 2 rings (SSSR count). The molecule has 0 saturated heterocycles. The summed E-state index contributed by atoms with van der Waals surface area (Å²) in [6.07, 6.45) is 3.40. The average Bonchev–Trinajstić information content (AvgIpc) is 2.74. The van der Waals surface area contributed by atoms with E-state index in [9.17, 15) is 0 Å². The third kappa shape index (κ3) is 2.80. The van der Waals surface area contributed by atoms with Crippen LogP contribution in [0.3, 0.4) is 0 Å². The second-order valence-electron chi connectivity index (χ2n) is 3.52. The Bertz CT molecular complexity index is 499. The third-order valence-electron chi connectivity index (χ3n) is 2.43. The first-order valence-electron chi connectivity index (χ1n) is 5.29. The SMILES string of the molecule is CCNC(c1ccncc1Cl)c1sccc1Cl. The van der Waals surface area contributed by atoms with Crippen LogP contribution in [-0.2, 0) is 0 Å². The minimum absolute atomic E-state index is 0.0306. The van der Waals surface area contributed by atoms with Gasteiger partial charge < -0.3 is 5.32 Å². The van der Waals surface area contributed by atoms with Gasteiger partial charge in [-0.25, -0.2) is 0 Å². The second kappa shape index (κ2) is 5.83. The van der Waals surface area contributed by atoms with Gasteiger partial charge >= 0.3 is 0 Å². The monoisotopic (exact) mass is 286 g/mol. The van der Waals surface area contributed by atoms with Gasteiger partial charge in [-0.1, -0.05) is 30.1 Å². The number of nitrogens with zero attached hydrogens (tertiary/aromatic N) is 1. The van der Waals surface area contributed by atoms with Gasteiger partial charge in [0.1, 0.15) is 0 Å². The van der Waals surface area contributed by atoms with Gasteiger partial charge in [0.25, 0.3) is 0 Å². The van der Waals surface area contributed by atoms with Crippen LogP contribution in [0.25, 0.3) is 0 Å². The number of rotatable bonds is 4. The fourth-order valence-corrected chi connectivity index (χ4v) is 3.17. The van der Waals surface area contributed by atoms with E-state index in [1.165, 1.54) is 0 Å². The molecule has 0 saturated carbocycles. The van der Waals surface area contributed by atoms with E-state index in [4.69, 9.17) is 23.2 Å². The highest BCUT2D eigenvalue weighted by molar-refractivity contribution is 7.10. The van der Waals surface area contributed by atoms with E-state index in [-0.39, 0.29) is 6.04 Å². The summed E-state index contributed by atoms with van der Waals surface area (Å²) in [6.45, 7) is 2.90. The highest BCUT2D eigenvalue weighted by Crippen LogP contribution is 2.35. The number of thiophene rings is 1. The van der Waals surface area contributed by atoms with Crippen molar-refractivity contribution in [3.05, 3.63) is 50.4 Å². The van der Waals surface area contributed by atoms with Crippen molar-refractivity contribution in [2.24, 2.45) is 0 Å². The van der Waals surface area contributed by atoms with E-state index in [0.29, 0.717) is 5.02 Å². The molecule has 2 nitrogen and oxygen atoms in total. The Hall–Kier alpha value is -0.610. The molecule has 5 heteroatoms. The van der Waals surface area contributed by atoms with Gasteiger partial charge in [-0.3, -0.25) is 4.98 Å². The fraction of sp³-hybridized carbons (Fsp3) is 0.250. The zero-order chi connectivity index (χ0) is 12.3. The van der Waals surface area contributed by atoms with E-state index in [0.717, 1.165) is 22.0 Å². The molecule has 0 radical (unpaired) electrons. The Morgan fingerprint density at radius 3 is 2.76 bits per heavy atom. The summed E-state index contributed by atoms with van der Waals surface area (Å²) in [5.41, 5.74) is 1.01. The largest absolute Gasteiger partial charge is 0.306 e. The van der Waals surface area contributed by atoms with Crippen LogP contribution in [-0.4, -0.2) is 11.5 Å². The maximum absolute atomic E-state index is 6.18. The molecule has 1 atom stereocenters. The van der Waals surface area contributed by atoms with Crippen LogP contribution in [0.5, 0.6) is 0 Å². The average molecular weight is 287 g/mol. The molecule has 1 unspecified atom stereocenters. The van der Waals surface area contributed by atoms with E-state index in [2.05, 4.69) is 17.2 Å². The Balaban J connectivity index is 2.43. The number of hydrogen-bond acceptors (Lipinski definition) is 3. The molecule has 0 aromatic carbocycles. The van der Waals surface area contributed by atoms with Crippen LogP contribution in [0.2, 0.25) is 10.0 Å². The summed E-state index contributed by atoms with van der Waals surface area (Å²) in [7, 11) is 0. The summed E-state index contributed by atoms with van der Waals surface area (Å²) in [4.78, 5) is 5.09. The summed E-state index contributed by atoms with van der Waals surface area (Å²) >= 11 is 14.0. The van der Waals surface area contributed by atoms with Crippen LogP contribution in [0.1, 0.15) is 23.4 Å². The molecule has 2 heterocycles. The molecular formula is C12H12Cl2N2S. The number of pyridine rings is 1. The van der Waals surface area contributed by atoms with Crippen LogP contribution in [0, 0.1) is 0 Å². The molecule has 0 aliphatic heterocycles. The summed E-state index contributed by atoms with van der Waals surface area (Å²) in [6, 6.07) is 3.86. The predicted molar refractivity (Wildman–Crippen MR) is 74.1 cm³/mol. The zero-order valence-corrected chi connectivity index (χ0v) is 11.6. The minimum Gasteiger partial charge on any atom is -0.306 e. The summed E-state index contributed by atoms with van der Waals surface area (Å²) < 4.78 is 0. The molecule has 2 aromatic rings. The first kappa shape index (κ1) is 12.8. The Morgan fingerprint density at radius 1 is 1.35 bits per heavy atom. The van der Waals surface area contributed by atoms with Crippen molar-refractivity contribution in [2.75, 3.05) is 6.54 Å². The van der Waals surface area contributed by atoms with Crippen molar-refractivity contribution in [1.29, 1.82) is 0 Å². The molecule has 90 valence electrons. The predicted octanol–water partition coefficient (Wildman–Crippen LogP) is 4.15. The van der Waals surface area contributed by atoms with Crippen molar-refractivity contribution in [3.63, 3.8) is 0 Å². The highest BCUT2D eigenvalue weighted by Gasteiger charge is 2.19. The maximum atomic E-state index is 6.18. The third-order valence-corrected chi connectivity index (χ3v) is 4.17.